The Morgan fingerprint density at radius 2 is 1.74 bits per heavy atom. The highest BCUT2D eigenvalue weighted by atomic mass is 19.1. The SMILES string of the molecule is CCCN(CCC)C(=O)c1cc(Nc2ccc(F)cc2)ccn1. The minimum Gasteiger partial charge on any atom is -0.355 e. The lowest BCUT2D eigenvalue weighted by atomic mass is 10.2. The molecule has 0 saturated carbocycles. The Labute approximate surface area is 136 Å². The second-order valence-electron chi connectivity index (χ2n) is 5.35. The van der Waals surface area contributed by atoms with E-state index >= 15 is 0 Å². The average Bonchev–Trinajstić information content (AvgIpc) is 2.56. The Hall–Kier alpha value is -2.43. The standard InChI is InChI=1S/C18H22FN3O/c1-3-11-22(12-4-2)18(23)17-13-16(9-10-20-17)21-15-7-5-14(19)6-8-15/h5-10,13H,3-4,11-12H2,1-2H3,(H,20,21). The number of benzene rings is 1. The summed E-state index contributed by atoms with van der Waals surface area (Å²) in [7, 11) is 0. The molecule has 0 saturated heterocycles. The van der Waals surface area contributed by atoms with Gasteiger partial charge in [0, 0.05) is 30.7 Å². The molecule has 0 bridgehead atoms. The molecule has 1 aromatic heterocycles. The van der Waals surface area contributed by atoms with Crippen molar-refractivity contribution in [1.29, 1.82) is 0 Å². The maximum absolute atomic E-state index is 12.9. The molecule has 0 unspecified atom stereocenters. The van der Waals surface area contributed by atoms with Crippen molar-refractivity contribution in [2.75, 3.05) is 18.4 Å². The highest BCUT2D eigenvalue weighted by Gasteiger charge is 2.15. The molecule has 0 spiro atoms. The fraction of sp³-hybridized carbons (Fsp3) is 0.333. The first-order valence-electron chi connectivity index (χ1n) is 7.92. The summed E-state index contributed by atoms with van der Waals surface area (Å²) in [6.07, 6.45) is 3.44. The molecular formula is C18H22FN3O. The number of aromatic nitrogens is 1. The smallest absolute Gasteiger partial charge is 0.272 e. The predicted octanol–water partition coefficient (Wildman–Crippen LogP) is 4.23. The molecule has 1 heterocycles. The van der Waals surface area contributed by atoms with Gasteiger partial charge in [0.1, 0.15) is 11.5 Å². The lowest BCUT2D eigenvalue weighted by molar-refractivity contribution is 0.0749. The molecule has 5 heteroatoms. The summed E-state index contributed by atoms with van der Waals surface area (Å²) in [4.78, 5) is 18.6. The second kappa shape index (κ2) is 8.27. The van der Waals surface area contributed by atoms with Gasteiger partial charge in [-0.3, -0.25) is 9.78 Å². The van der Waals surface area contributed by atoms with Gasteiger partial charge in [-0.2, -0.15) is 0 Å². The van der Waals surface area contributed by atoms with Crippen molar-refractivity contribution in [2.24, 2.45) is 0 Å². The number of halogens is 1. The van der Waals surface area contributed by atoms with E-state index in [0.29, 0.717) is 5.69 Å². The molecule has 4 nitrogen and oxygen atoms in total. The lowest BCUT2D eigenvalue weighted by Crippen LogP contribution is -2.33. The normalized spacial score (nSPS) is 10.4. The lowest BCUT2D eigenvalue weighted by Gasteiger charge is -2.21. The van der Waals surface area contributed by atoms with Crippen LogP contribution in [0, 0.1) is 5.82 Å². The zero-order chi connectivity index (χ0) is 16.7. The van der Waals surface area contributed by atoms with Gasteiger partial charge < -0.3 is 10.2 Å². The summed E-state index contributed by atoms with van der Waals surface area (Å²) in [5.41, 5.74) is 1.93. The van der Waals surface area contributed by atoms with Gasteiger partial charge in [0.05, 0.1) is 0 Å². The van der Waals surface area contributed by atoms with E-state index in [1.807, 2.05) is 4.90 Å². The van der Waals surface area contributed by atoms with Gasteiger partial charge in [-0.05, 0) is 49.2 Å². The molecule has 2 aromatic rings. The molecule has 23 heavy (non-hydrogen) atoms. The van der Waals surface area contributed by atoms with Crippen LogP contribution in [-0.4, -0.2) is 28.9 Å². The van der Waals surface area contributed by atoms with Crippen LogP contribution in [0.3, 0.4) is 0 Å². The molecule has 0 radical (unpaired) electrons. The third-order valence-corrected chi connectivity index (χ3v) is 3.39. The zero-order valence-electron chi connectivity index (χ0n) is 13.6. The van der Waals surface area contributed by atoms with Gasteiger partial charge in [0.25, 0.3) is 5.91 Å². The first-order chi connectivity index (χ1) is 11.1. The highest BCUT2D eigenvalue weighted by molar-refractivity contribution is 5.93. The molecule has 0 aliphatic heterocycles. The van der Waals surface area contributed by atoms with Crippen LogP contribution < -0.4 is 5.32 Å². The Kier molecular flexibility index (Phi) is 6.09. The molecule has 0 fully saturated rings. The van der Waals surface area contributed by atoms with Gasteiger partial charge in [-0.1, -0.05) is 13.8 Å². The van der Waals surface area contributed by atoms with Gasteiger partial charge in [0.2, 0.25) is 0 Å². The predicted molar refractivity (Wildman–Crippen MR) is 90.4 cm³/mol. The van der Waals surface area contributed by atoms with Crippen LogP contribution in [0.5, 0.6) is 0 Å². The van der Waals surface area contributed by atoms with Crippen molar-refractivity contribution in [3.63, 3.8) is 0 Å². The van der Waals surface area contributed by atoms with E-state index in [1.54, 1.807) is 30.5 Å². The van der Waals surface area contributed by atoms with Crippen molar-refractivity contribution >= 4 is 17.3 Å². The van der Waals surface area contributed by atoms with Crippen molar-refractivity contribution in [2.45, 2.75) is 26.7 Å². The van der Waals surface area contributed by atoms with Crippen LogP contribution in [0.25, 0.3) is 0 Å². The minimum absolute atomic E-state index is 0.0588. The van der Waals surface area contributed by atoms with E-state index in [4.69, 9.17) is 0 Å². The number of amides is 1. The Morgan fingerprint density at radius 1 is 1.09 bits per heavy atom. The van der Waals surface area contributed by atoms with E-state index < -0.39 is 0 Å². The van der Waals surface area contributed by atoms with Crippen LogP contribution in [0.4, 0.5) is 15.8 Å². The summed E-state index contributed by atoms with van der Waals surface area (Å²) < 4.78 is 12.9. The maximum Gasteiger partial charge on any atom is 0.272 e. The molecule has 1 N–H and O–H groups in total. The summed E-state index contributed by atoms with van der Waals surface area (Å²) in [6.45, 7) is 5.56. The van der Waals surface area contributed by atoms with E-state index in [2.05, 4.69) is 24.1 Å². The van der Waals surface area contributed by atoms with Gasteiger partial charge in [-0.15, -0.1) is 0 Å². The number of carbonyl (C=O) groups is 1. The monoisotopic (exact) mass is 315 g/mol. The third-order valence-electron chi connectivity index (χ3n) is 3.39. The van der Waals surface area contributed by atoms with E-state index in [-0.39, 0.29) is 11.7 Å². The molecule has 122 valence electrons. The van der Waals surface area contributed by atoms with Crippen LogP contribution >= 0.6 is 0 Å². The van der Waals surface area contributed by atoms with Crippen molar-refractivity contribution in [3.8, 4) is 0 Å². The molecule has 0 atom stereocenters. The van der Waals surface area contributed by atoms with Crippen LogP contribution in [0.15, 0.2) is 42.6 Å². The second-order valence-corrected chi connectivity index (χ2v) is 5.35. The summed E-state index contributed by atoms with van der Waals surface area (Å²) in [5, 5.41) is 3.15. The minimum atomic E-state index is -0.282. The van der Waals surface area contributed by atoms with Crippen LogP contribution in [0.1, 0.15) is 37.2 Å². The average molecular weight is 315 g/mol. The Bertz CT molecular complexity index is 637. The first-order valence-corrected chi connectivity index (χ1v) is 7.92. The van der Waals surface area contributed by atoms with Crippen molar-refractivity contribution in [3.05, 3.63) is 54.1 Å². The number of nitrogens with zero attached hydrogens (tertiary/aromatic N) is 2. The number of pyridine rings is 1. The quantitative estimate of drug-likeness (QED) is 0.832. The fourth-order valence-electron chi connectivity index (χ4n) is 2.34. The van der Waals surface area contributed by atoms with E-state index in [0.717, 1.165) is 37.3 Å². The first kappa shape index (κ1) is 16.9. The number of anilines is 2. The van der Waals surface area contributed by atoms with Crippen LogP contribution in [0.2, 0.25) is 0 Å². The molecule has 0 aliphatic carbocycles. The number of carbonyl (C=O) groups excluding carboxylic acids is 1. The molecule has 0 aliphatic rings. The number of rotatable bonds is 7. The van der Waals surface area contributed by atoms with E-state index in [1.165, 1.54) is 12.1 Å². The summed E-state index contributed by atoms with van der Waals surface area (Å²) in [6, 6.07) is 9.59. The summed E-state index contributed by atoms with van der Waals surface area (Å²) in [5.74, 6) is -0.340. The topological polar surface area (TPSA) is 45.2 Å². The largest absolute Gasteiger partial charge is 0.355 e. The highest BCUT2D eigenvalue weighted by Crippen LogP contribution is 2.18. The van der Waals surface area contributed by atoms with Gasteiger partial charge in [0.15, 0.2) is 0 Å². The number of hydrogen-bond acceptors (Lipinski definition) is 3. The fourth-order valence-corrected chi connectivity index (χ4v) is 2.34. The van der Waals surface area contributed by atoms with Gasteiger partial charge >= 0.3 is 0 Å². The molecular weight excluding hydrogens is 293 g/mol. The molecule has 2 rings (SSSR count). The maximum atomic E-state index is 12.9. The Balaban J connectivity index is 2.14. The zero-order valence-corrected chi connectivity index (χ0v) is 13.6. The van der Waals surface area contributed by atoms with E-state index in [9.17, 15) is 9.18 Å². The Morgan fingerprint density at radius 3 is 2.35 bits per heavy atom. The summed E-state index contributed by atoms with van der Waals surface area (Å²) >= 11 is 0. The number of nitrogens with one attached hydrogen (secondary N) is 1. The van der Waals surface area contributed by atoms with Crippen LogP contribution in [-0.2, 0) is 0 Å². The molecule has 1 amide bonds. The molecule has 1 aromatic carbocycles. The number of hydrogen-bond donors (Lipinski definition) is 1. The third kappa shape index (κ3) is 4.77. The van der Waals surface area contributed by atoms with Gasteiger partial charge in [-0.25, -0.2) is 4.39 Å². The van der Waals surface area contributed by atoms with Crippen molar-refractivity contribution in [1.82, 2.24) is 9.88 Å². The van der Waals surface area contributed by atoms with Crippen molar-refractivity contribution < 1.29 is 9.18 Å².